The summed E-state index contributed by atoms with van der Waals surface area (Å²) >= 11 is 10.5. The largest absolute Gasteiger partial charge is 0.573 e. The van der Waals surface area contributed by atoms with Gasteiger partial charge in [0, 0.05) is 12.2 Å². The minimum atomic E-state index is -4.81. The van der Waals surface area contributed by atoms with Crippen LogP contribution < -0.4 is 15.4 Å². The Morgan fingerprint density at radius 2 is 1.74 bits per heavy atom. The molecule has 0 bridgehead atoms. The van der Waals surface area contributed by atoms with Crippen LogP contribution in [0.25, 0.3) is 0 Å². The number of ether oxygens (including phenoxy) is 1. The SMILES string of the molecule is FC(F)(F)Oc1cccc(CNC(=S)Nc2ccc(Cl)c(C(F)(F)F)c2)c1. The van der Waals surface area contributed by atoms with Gasteiger partial charge < -0.3 is 15.4 Å². The number of nitrogens with one attached hydrogen (secondary N) is 2. The molecule has 11 heteroatoms. The summed E-state index contributed by atoms with van der Waals surface area (Å²) in [6.07, 6.45) is -9.43. The van der Waals surface area contributed by atoms with E-state index in [4.69, 9.17) is 23.8 Å². The van der Waals surface area contributed by atoms with Gasteiger partial charge in [0.15, 0.2) is 5.11 Å². The zero-order valence-corrected chi connectivity index (χ0v) is 14.8. The second kappa shape index (κ2) is 8.22. The van der Waals surface area contributed by atoms with Gasteiger partial charge in [0.1, 0.15) is 5.75 Å². The summed E-state index contributed by atoms with van der Waals surface area (Å²) in [6.45, 7) is 0.0284. The van der Waals surface area contributed by atoms with E-state index in [2.05, 4.69) is 15.4 Å². The van der Waals surface area contributed by atoms with Crippen molar-refractivity contribution >= 4 is 34.6 Å². The van der Waals surface area contributed by atoms with Gasteiger partial charge in [-0.25, -0.2) is 0 Å². The number of anilines is 1. The lowest BCUT2D eigenvalue weighted by Crippen LogP contribution is -2.28. The lowest BCUT2D eigenvalue weighted by atomic mass is 10.2. The number of halogens is 7. The summed E-state index contributed by atoms with van der Waals surface area (Å²) in [5, 5.41) is 4.76. The van der Waals surface area contributed by atoms with E-state index in [1.165, 1.54) is 18.2 Å². The highest BCUT2D eigenvalue weighted by Gasteiger charge is 2.33. The third kappa shape index (κ3) is 6.79. The molecule has 0 saturated heterocycles. The third-order valence-corrected chi connectivity index (χ3v) is 3.69. The summed E-state index contributed by atoms with van der Waals surface area (Å²) in [5.41, 5.74) is -0.541. The van der Waals surface area contributed by atoms with Crippen LogP contribution in [0.1, 0.15) is 11.1 Å². The molecule has 0 spiro atoms. The van der Waals surface area contributed by atoms with Crippen molar-refractivity contribution in [3.8, 4) is 5.75 Å². The molecule has 0 fully saturated rings. The van der Waals surface area contributed by atoms with Crippen LogP contribution in [0.2, 0.25) is 5.02 Å². The number of benzene rings is 2. The van der Waals surface area contributed by atoms with Crippen molar-refractivity contribution in [3.05, 3.63) is 58.6 Å². The van der Waals surface area contributed by atoms with E-state index in [1.807, 2.05) is 0 Å². The Bertz CT molecular complexity index is 825. The van der Waals surface area contributed by atoms with E-state index in [1.54, 1.807) is 0 Å². The van der Waals surface area contributed by atoms with Crippen LogP contribution in [-0.4, -0.2) is 11.5 Å². The second-order valence-corrected chi connectivity index (χ2v) is 6.01. The summed E-state index contributed by atoms with van der Waals surface area (Å²) in [6, 6.07) is 8.38. The molecule has 2 aromatic rings. The van der Waals surface area contributed by atoms with Gasteiger partial charge in [0.05, 0.1) is 10.6 Å². The molecule has 3 nitrogen and oxygen atoms in total. The van der Waals surface area contributed by atoms with Crippen molar-refractivity contribution in [2.75, 3.05) is 5.32 Å². The highest BCUT2D eigenvalue weighted by molar-refractivity contribution is 7.80. The average molecular weight is 429 g/mol. The Morgan fingerprint density at radius 1 is 1.04 bits per heavy atom. The van der Waals surface area contributed by atoms with Crippen LogP contribution in [-0.2, 0) is 12.7 Å². The summed E-state index contributed by atoms with van der Waals surface area (Å²) in [7, 11) is 0. The molecule has 0 aromatic heterocycles. The average Bonchev–Trinajstić information content (AvgIpc) is 2.52. The summed E-state index contributed by atoms with van der Waals surface area (Å²) < 4.78 is 79.0. The molecule has 0 aliphatic heterocycles. The Hall–Kier alpha value is -2.20. The first-order valence-electron chi connectivity index (χ1n) is 7.20. The molecule has 27 heavy (non-hydrogen) atoms. The van der Waals surface area contributed by atoms with Crippen LogP contribution in [0.4, 0.5) is 32.0 Å². The normalized spacial score (nSPS) is 11.8. The minimum Gasteiger partial charge on any atom is -0.406 e. The van der Waals surface area contributed by atoms with Gasteiger partial charge in [0.25, 0.3) is 0 Å². The first-order valence-corrected chi connectivity index (χ1v) is 7.99. The molecule has 2 rings (SSSR count). The van der Waals surface area contributed by atoms with E-state index in [9.17, 15) is 26.3 Å². The molecule has 2 aromatic carbocycles. The predicted molar refractivity (Wildman–Crippen MR) is 92.6 cm³/mol. The molecule has 2 N–H and O–H groups in total. The van der Waals surface area contributed by atoms with Crippen LogP contribution in [0, 0.1) is 0 Å². The highest BCUT2D eigenvalue weighted by Crippen LogP contribution is 2.36. The first kappa shape index (κ1) is 21.1. The van der Waals surface area contributed by atoms with Crippen molar-refractivity contribution in [2.45, 2.75) is 19.1 Å². The van der Waals surface area contributed by atoms with Gasteiger partial charge in [0.2, 0.25) is 0 Å². The fourth-order valence-corrected chi connectivity index (χ4v) is 2.45. The zero-order valence-electron chi connectivity index (χ0n) is 13.2. The maximum atomic E-state index is 12.8. The first-order chi connectivity index (χ1) is 12.4. The molecule has 0 unspecified atom stereocenters. The van der Waals surface area contributed by atoms with Crippen molar-refractivity contribution < 1.29 is 31.1 Å². The van der Waals surface area contributed by atoms with Crippen LogP contribution in [0.5, 0.6) is 5.75 Å². The number of alkyl halides is 6. The minimum absolute atomic E-state index is 0.0208. The van der Waals surface area contributed by atoms with Crippen LogP contribution in [0.3, 0.4) is 0 Å². The van der Waals surface area contributed by atoms with Crippen LogP contribution >= 0.6 is 23.8 Å². The second-order valence-electron chi connectivity index (χ2n) is 5.20. The van der Waals surface area contributed by atoms with Gasteiger partial charge in [-0.05, 0) is 48.1 Å². The van der Waals surface area contributed by atoms with E-state index in [0.29, 0.717) is 5.56 Å². The fourth-order valence-electron chi connectivity index (χ4n) is 2.03. The van der Waals surface area contributed by atoms with Crippen molar-refractivity contribution in [3.63, 3.8) is 0 Å². The van der Waals surface area contributed by atoms with Crippen molar-refractivity contribution in [2.24, 2.45) is 0 Å². The predicted octanol–water partition coefficient (Wildman–Crippen LogP) is 5.74. The smallest absolute Gasteiger partial charge is 0.406 e. The Balaban J connectivity index is 1.98. The molecule has 0 heterocycles. The number of rotatable bonds is 4. The number of thiocarbonyl (C=S) groups is 1. The topological polar surface area (TPSA) is 33.3 Å². The van der Waals surface area contributed by atoms with E-state index in [0.717, 1.165) is 24.3 Å². The Morgan fingerprint density at radius 3 is 2.37 bits per heavy atom. The molecule has 0 atom stereocenters. The molecular formula is C16H11ClF6N2OS. The third-order valence-electron chi connectivity index (χ3n) is 3.11. The lowest BCUT2D eigenvalue weighted by molar-refractivity contribution is -0.274. The lowest BCUT2D eigenvalue weighted by Gasteiger charge is -2.14. The fraction of sp³-hybridized carbons (Fsp3) is 0.188. The molecule has 146 valence electrons. The summed E-state index contributed by atoms with van der Waals surface area (Å²) in [4.78, 5) is 0. The van der Waals surface area contributed by atoms with Gasteiger partial charge in [-0.1, -0.05) is 23.7 Å². The van der Waals surface area contributed by atoms with Gasteiger partial charge in [-0.15, -0.1) is 13.2 Å². The zero-order chi connectivity index (χ0) is 20.2. The molecule has 0 aliphatic carbocycles. The molecule has 0 amide bonds. The standard InChI is InChI=1S/C16H11ClF6N2OS/c17-13-5-4-10(7-12(13)15(18,19)20)25-14(27)24-8-9-2-1-3-11(6-9)26-16(21,22)23/h1-7H,8H2,(H2,24,25,27). The van der Waals surface area contributed by atoms with Crippen molar-refractivity contribution in [1.82, 2.24) is 5.32 Å². The molecular weight excluding hydrogens is 418 g/mol. The molecule has 0 saturated carbocycles. The van der Waals surface area contributed by atoms with E-state index in [-0.39, 0.29) is 17.3 Å². The summed E-state index contributed by atoms with van der Waals surface area (Å²) in [5.74, 6) is -0.395. The Kier molecular flexibility index (Phi) is 6.42. The Labute approximate surface area is 160 Å². The van der Waals surface area contributed by atoms with E-state index >= 15 is 0 Å². The monoisotopic (exact) mass is 428 g/mol. The molecule has 0 aliphatic rings. The maximum Gasteiger partial charge on any atom is 0.573 e. The quantitative estimate of drug-likeness (QED) is 0.480. The van der Waals surface area contributed by atoms with Gasteiger partial charge in [-0.2, -0.15) is 13.2 Å². The van der Waals surface area contributed by atoms with Crippen LogP contribution in [0.15, 0.2) is 42.5 Å². The maximum absolute atomic E-state index is 12.8. The molecule has 0 radical (unpaired) electrons. The number of hydrogen-bond donors (Lipinski definition) is 2. The van der Waals surface area contributed by atoms with Crippen molar-refractivity contribution in [1.29, 1.82) is 0 Å². The number of hydrogen-bond acceptors (Lipinski definition) is 2. The van der Waals surface area contributed by atoms with Gasteiger partial charge >= 0.3 is 12.5 Å². The van der Waals surface area contributed by atoms with E-state index < -0.39 is 28.9 Å². The highest BCUT2D eigenvalue weighted by atomic mass is 35.5. The van der Waals surface area contributed by atoms with Gasteiger partial charge in [-0.3, -0.25) is 0 Å².